The fourth-order valence-electron chi connectivity index (χ4n) is 1.38. The fourth-order valence-corrected chi connectivity index (χ4v) is 1.38. The van der Waals surface area contributed by atoms with Crippen LogP contribution in [0.25, 0.3) is 0 Å². The van der Waals surface area contributed by atoms with E-state index < -0.39 is 17.5 Å². The van der Waals surface area contributed by atoms with Gasteiger partial charge >= 0.3 is 5.97 Å². The molecule has 0 heterocycles. The summed E-state index contributed by atoms with van der Waals surface area (Å²) in [7, 11) is 0. The molecular weight excluding hydrogens is 268 g/mol. The van der Waals surface area contributed by atoms with E-state index in [0.29, 0.717) is 5.56 Å². The monoisotopic (exact) mass is 282 g/mol. The number of nitro benzene ring substituents is 1. The van der Waals surface area contributed by atoms with Crippen LogP contribution in [0.4, 0.5) is 5.69 Å². The van der Waals surface area contributed by atoms with Crippen LogP contribution in [0, 0.1) is 10.1 Å². The van der Waals surface area contributed by atoms with E-state index in [1.165, 1.54) is 24.4 Å². The molecule has 1 aromatic rings. The van der Waals surface area contributed by atoms with E-state index in [-0.39, 0.29) is 24.5 Å². The number of carbonyl (C=O) groups is 1. The lowest BCUT2D eigenvalue weighted by atomic mass is 10.1. The molecule has 0 fully saturated rings. The molecule has 0 unspecified atom stereocenters. The Morgan fingerprint density at radius 2 is 2.30 bits per heavy atom. The Balaban J connectivity index is 2.64. The molecular formula is C12H14N2O6. The van der Waals surface area contributed by atoms with Crippen molar-refractivity contribution in [2.45, 2.75) is 13.5 Å². The van der Waals surface area contributed by atoms with E-state index in [2.05, 4.69) is 9.89 Å². The minimum atomic E-state index is -0.580. The van der Waals surface area contributed by atoms with Crippen molar-refractivity contribution in [3.63, 3.8) is 0 Å². The highest BCUT2D eigenvalue weighted by atomic mass is 16.7. The zero-order chi connectivity index (χ0) is 15.0. The highest BCUT2D eigenvalue weighted by molar-refractivity contribution is 5.80. The maximum atomic E-state index is 10.9. The van der Waals surface area contributed by atoms with Crippen LogP contribution in [0.5, 0.6) is 0 Å². The van der Waals surface area contributed by atoms with Crippen molar-refractivity contribution in [1.29, 1.82) is 0 Å². The largest absolute Gasteiger partial charge is 0.463 e. The number of nitro groups is 1. The molecule has 20 heavy (non-hydrogen) atoms. The van der Waals surface area contributed by atoms with Gasteiger partial charge in [-0.2, -0.15) is 0 Å². The van der Waals surface area contributed by atoms with Gasteiger partial charge in [0.25, 0.3) is 5.69 Å². The van der Waals surface area contributed by atoms with E-state index in [1.807, 2.05) is 0 Å². The molecule has 0 aromatic heterocycles. The van der Waals surface area contributed by atoms with Gasteiger partial charge in [-0.25, -0.2) is 4.79 Å². The van der Waals surface area contributed by atoms with Gasteiger partial charge in [-0.05, 0) is 24.6 Å². The number of hydrogen-bond acceptors (Lipinski definition) is 7. The second-order valence-electron chi connectivity index (χ2n) is 3.62. The number of oxime groups is 1. The summed E-state index contributed by atoms with van der Waals surface area (Å²) in [5.41, 5.74) is 0.505. The average molecular weight is 282 g/mol. The third-order valence-corrected chi connectivity index (χ3v) is 2.23. The lowest BCUT2D eigenvalue weighted by Gasteiger charge is -2.01. The topological polar surface area (TPSA) is 111 Å². The van der Waals surface area contributed by atoms with E-state index in [4.69, 9.17) is 9.94 Å². The van der Waals surface area contributed by atoms with Gasteiger partial charge in [0.1, 0.15) is 0 Å². The van der Waals surface area contributed by atoms with Gasteiger partial charge in [0.2, 0.25) is 6.61 Å². The summed E-state index contributed by atoms with van der Waals surface area (Å²) in [5.74, 6) is -0.538. The highest BCUT2D eigenvalue weighted by Crippen LogP contribution is 2.19. The first-order valence-corrected chi connectivity index (χ1v) is 5.77. The Morgan fingerprint density at radius 1 is 1.55 bits per heavy atom. The summed E-state index contributed by atoms with van der Waals surface area (Å²) in [6.45, 7) is 1.16. The van der Waals surface area contributed by atoms with Crippen molar-refractivity contribution in [1.82, 2.24) is 0 Å². The van der Waals surface area contributed by atoms with Crippen molar-refractivity contribution >= 4 is 17.9 Å². The molecule has 0 bridgehead atoms. The summed E-state index contributed by atoms with van der Waals surface area (Å²) in [6, 6.07) is 4.13. The summed E-state index contributed by atoms with van der Waals surface area (Å²) in [6.07, 6.45) is 1.28. The summed E-state index contributed by atoms with van der Waals surface area (Å²) >= 11 is 0. The smallest absolute Gasteiger partial charge is 0.347 e. The van der Waals surface area contributed by atoms with E-state index >= 15 is 0 Å². The van der Waals surface area contributed by atoms with Crippen molar-refractivity contribution < 1.29 is 24.4 Å². The first-order valence-electron chi connectivity index (χ1n) is 5.77. The number of aliphatic hydroxyl groups is 1. The molecule has 8 nitrogen and oxygen atoms in total. The maximum Gasteiger partial charge on any atom is 0.347 e. The highest BCUT2D eigenvalue weighted by Gasteiger charge is 2.12. The molecule has 1 rings (SSSR count). The van der Waals surface area contributed by atoms with Crippen LogP contribution in [0.15, 0.2) is 23.4 Å². The molecule has 0 amide bonds. The summed E-state index contributed by atoms with van der Waals surface area (Å²) in [5, 5.41) is 23.3. The zero-order valence-electron chi connectivity index (χ0n) is 10.8. The van der Waals surface area contributed by atoms with Crippen LogP contribution in [-0.2, 0) is 21.0 Å². The molecule has 0 spiro atoms. The Labute approximate surface area is 114 Å². The van der Waals surface area contributed by atoms with Crippen LogP contribution in [0.3, 0.4) is 0 Å². The lowest BCUT2D eigenvalue weighted by molar-refractivity contribution is -0.385. The van der Waals surface area contributed by atoms with Crippen molar-refractivity contribution in [2.75, 3.05) is 13.2 Å². The molecule has 0 saturated carbocycles. The number of hydrogen-bond donors (Lipinski definition) is 1. The third-order valence-electron chi connectivity index (χ3n) is 2.23. The predicted octanol–water partition coefficient (Wildman–Crippen LogP) is 1.00. The van der Waals surface area contributed by atoms with Gasteiger partial charge < -0.3 is 14.7 Å². The van der Waals surface area contributed by atoms with E-state index in [9.17, 15) is 14.9 Å². The number of aliphatic hydroxyl groups excluding tert-OH is 1. The van der Waals surface area contributed by atoms with Crippen LogP contribution in [-0.4, -0.2) is 35.4 Å². The standard InChI is InChI=1S/C12H14N2O6/c1-2-19-12(16)8-20-13-6-9-3-4-11(14(17)18)10(5-9)7-15/h3-6,15H,2,7-8H2,1H3. The molecule has 1 N–H and O–H groups in total. The van der Waals surface area contributed by atoms with Gasteiger partial charge in [0.15, 0.2) is 0 Å². The molecule has 108 valence electrons. The second-order valence-corrected chi connectivity index (χ2v) is 3.62. The Hall–Kier alpha value is -2.48. The SMILES string of the molecule is CCOC(=O)CON=Cc1ccc([N+](=O)[O-])c(CO)c1. The quantitative estimate of drug-likeness (QED) is 0.345. The van der Waals surface area contributed by atoms with E-state index in [1.54, 1.807) is 6.92 Å². The number of ether oxygens (including phenoxy) is 1. The van der Waals surface area contributed by atoms with Crippen LogP contribution < -0.4 is 0 Å². The predicted molar refractivity (Wildman–Crippen MR) is 69.2 cm³/mol. The third kappa shape index (κ3) is 4.65. The Bertz CT molecular complexity index is 515. The number of rotatable bonds is 7. The molecule has 0 radical (unpaired) electrons. The molecule has 0 atom stereocenters. The van der Waals surface area contributed by atoms with Gasteiger partial charge in [-0.1, -0.05) is 5.16 Å². The summed E-state index contributed by atoms with van der Waals surface area (Å²) in [4.78, 5) is 25.7. The molecule has 0 aliphatic rings. The molecule has 0 saturated heterocycles. The molecule has 0 aliphatic heterocycles. The second kappa shape index (κ2) is 7.85. The van der Waals surface area contributed by atoms with Gasteiger partial charge in [0.05, 0.1) is 29.9 Å². The van der Waals surface area contributed by atoms with Crippen LogP contribution in [0.2, 0.25) is 0 Å². The number of esters is 1. The van der Waals surface area contributed by atoms with Gasteiger partial charge in [-0.15, -0.1) is 0 Å². The van der Waals surface area contributed by atoms with Crippen LogP contribution >= 0.6 is 0 Å². The fraction of sp³-hybridized carbons (Fsp3) is 0.333. The average Bonchev–Trinajstić information content (AvgIpc) is 2.43. The number of benzene rings is 1. The minimum Gasteiger partial charge on any atom is -0.463 e. The first kappa shape index (κ1) is 15.6. The lowest BCUT2D eigenvalue weighted by Crippen LogP contribution is -2.10. The van der Waals surface area contributed by atoms with Crippen molar-refractivity contribution in [3.8, 4) is 0 Å². The first-order chi connectivity index (χ1) is 9.58. The molecule has 0 aliphatic carbocycles. The van der Waals surface area contributed by atoms with Gasteiger partial charge in [-0.3, -0.25) is 10.1 Å². The van der Waals surface area contributed by atoms with Gasteiger partial charge in [0, 0.05) is 6.07 Å². The van der Waals surface area contributed by atoms with Crippen molar-refractivity contribution in [2.24, 2.45) is 5.16 Å². The van der Waals surface area contributed by atoms with Crippen molar-refractivity contribution in [3.05, 3.63) is 39.4 Å². The maximum absolute atomic E-state index is 10.9. The zero-order valence-corrected chi connectivity index (χ0v) is 10.8. The number of carbonyl (C=O) groups excluding carboxylic acids is 1. The molecule has 8 heteroatoms. The van der Waals surface area contributed by atoms with E-state index in [0.717, 1.165) is 0 Å². The minimum absolute atomic E-state index is 0.169. The summed E-state index contributed by atoms with van der Waals surface area (Å²) < 4.78 is 4.63. The Kier molecular flexibility index (Phi) is 6.11. The van der Waals surface area contributed by atoms with Crippen LogP contribution in [0.1, 0.15) is 18.1 Å². The normalized spacial score (nSPS) is 10.5. The number of nitrogens with zero attached hydrogens (tertiary/aromatic N) is 2. The Morgan fingerprint density at radius 3 is 2.90 bits per heavy atom. The molecule has 1 aromatic carbocycles.